The van der Waals surface area contributed by atoms with E-state index in [0.29, 0.717) is 11.1 Å². The molecule has 0 aromatic heterocycles. The predicted octanol–water partition coefficient (Wildman–Crippen LogP) is 2.03. The average Bonchev–Trinajstić information content (AvgIpc) is 2.64. The maximum absolute atomic E-state index is 12.0. The SMILES string of the molecule is CSc1ccccc1C(=O)OCC(=O)NNC(=O)c1ccccc1. The summed E-state index contributed by atoms with van der Waals surface area (Å²) in [6, 6.07) is 15.4. The highest BCUT2D eigenvalue weighted by Crippen LogP contribution is 2.20. The Hall–Kier alpha value is -2.80. The van der Waals surface area contributed by atoms with Crippen LogP contribution in [0, 0.1) is 0 Å². The molecule has 24 heavy (non-hydrogen) atoms. The third-order valence-corrected chi connectivity index (χ3v) is 3.81. The average molecular weight is 344 g/mol. The van der Waals surface area contributed by atoms with Gasteiger partial charge in [0, 0.05) is 10.5 Å². The summed E-state index contributed by atoms with van der Waals surface area (Å²) in [5.41, 5.74) is 5.25. The summed E-state index contributed by atoms with van der Waals surface area (Å²) in [7, 11) is 0. The van der Waals surface area contributed by atoms with Crippen LogP contribution < -0.4 is 10.9 Å². The molecule has 0 atom stereocenters. The molecule has 0 saturated carbocycles. The van der Waals surface area contributed by atoms with Crippen LogP contribution in [0.5, 0.6) is 0 Å². The Bertz CT molecular complexity index is 734. The number of rotatable bonds is 5. The van der Waals surface area contributed by atoms with Gasteiger partial charge in [-0.15, -0.1) is 11.8 Å². The number of thioether (sulfide) groups is 1. The maximum Gasteiger partial charge on any atom is 0.339 e. The number of carbonyl (C=O) groups is 3. The van der Waals surface area contributed by atoms with Crippen molar-refractivity contribution in [2.75, 3.05) is 12.9 Å². The summed E-state index contributed by atoms with van der Waals surface area (Å²) < 4.78 is 4.95. The van der Waals surface area contributed by atoms with E-state index in [-0.39, 0.29) is 0 Å². The second-order valence-corrected chi connectivity index (χ2v) is 5.49. The summed E-state index contributed by atoms with van der Waals surface area (Å²) in [5.74, 6) is -1.68. The Morgan fingerprint density at radius 1 is 0.958 bits per heavy atom. The minimum atomic E-state index is -0.630. The van der Waals surface area contributed by atoms with Gasteiger partial charge in [-0.1, -0.05) is 30.3 Å². The lowest BCUT2D eigenvalue weighted by Crippen LogP contribution is -2.43. The number of amides is 2. The highest BCUT2D eigenvalue weighted by molar-refractivity contribution is 7.98. The molecule has 2 rings (SSSR count). The fraction of sp³-hybridized carbons (Fsp3) is 0.118. The van der Waals surface area contributed by atoms with E-state index in [1.807, 2.05) is 12.3 Å². The summed E-state index contributed by atoms with van der Waals surface area (Å²) >= 11 is 1.41. The molecule has 0 aliphatic rings. The van der Waals surface area contributed by atoms with E-state index in [0.717, 1.165) is 4.90 Å². The van der Waals surface area contributed by atoms with Gasteiger partial charge in [0.1, 0.15) is 0 Å². The number of hydrazine groups is 1. The molecule has 6 nitrogen and oxygen atoms in total. The van der Waals surface area contributed by atoms with Crippen molar-refractivity contribution in [1.82, 2.24) is 10.9 Å². The molecule has 2 amide bonds. The van der Waals surface area contributed by atoms with Crippen molar-refractivity contribution in [1.29, 1.82) is 0 Å². The molecular weight excluding hydrogens is 328 g/mol. The fourth-order valence-corrected chi connectivity index (χ4v) is 2.43. The van der Waals surface area contributed by atoms with E-state index in [9.17, 15) is 14.4 Å². The molecule has 0 aliphatic carbocycles. The van der Waals surface area contributed by atoms with Crippen molar-refractivity contribution >= 4 is 29.5 Å². The molecule has 0 radical (unpaired) electrons. The van der Waals surface area contributed by atoms with Crippen LogP contribution in [0.15, 0.2) is 59.5 Å². The van der Waals surface area contributed by atoms with Crippen LogP contribution in [-0.4, -0.2) is 30.6 Å². The Labute approximate surface area is 143 Å². The van der Waals surface area contributed by atoms with Crippen molar-refractivity contribution in [3.8, 4) is 0 Å². The first-order valence-electron chi connectivity index (χ1n) is 7.06. The molecule has 0 bridgehead atoms. The van der Waals surface area contributed by atoms with Gasteiger partial charge in [0.2, 0.25) is 0 Å². The first-order valence-corrected chi connectivity index (χ1v) is 8.28. The third-order valence-electron chi connectivity index (χ3n) is 3.01. The number of ether oxygens (including phenoxy) is 1. The molecule has 2 aromatic carbocycles. The first-order chi connectivity index (χ1) is 11.6. The van der Waals surface area contributed by atoms with Gasteiger partial charge in [-0.3, -0.25) is 20.4 Å². The minimum Gasteiger partial charge on any atom is -0.452 e. The standard InChI is InChI=1S/C17H16N2O4S/c1-24-14-10-6-5-9-13(14)17(22)23-11-15(20)18-19-16(21)12-7-3-2-4-8-12/h2-10H,11H2,1H3,(H,18,20)(H,19,21). The second-order valence-electron chi connectivity index (χ2n) is 4.64. The Morgan fingerprint density at radius 3 is 2.33 bits per heavy atom. The van der Waals surface area contributed by atoms with Crippen LogP contribution >= 0.6 is 11.8 Å². The Kier molecular flexibility index (Phi) is 6.39. The zero-order valence-electron chi connectivity index (χ0n) is 12.9. The lowest BCUT2D eigenvalue weighted by atomic mass is 10.2. The van der Waals surface area contributed by atoms with E-state index >= 15 is 0 Å². The minimum absolute atomic E-state index is 0.395. The number of hydrogen-bond acceptors (Lipinski definition) is 5. The van der Waals surface area contributed by atoms with Crippen LogP contribution in [0.3, 0.4) is 0 Å². The Morgan fingerprint density at radius 2 is 1.62 bits per heavy atom. The van der Waals surface area contributed by atoms with E-state index in [4.69, 9.17) is 4.74 Å². The molecule has 7 heteroatoms. The zero-order chi connectivity index (χ0) is 17.4. The van der Waals surface area contributed by atoms with Gasteiger partial charge in [0.05, 0.1) is 5.56 Å². The molecule has 0 fully saturated rings. The van der Waals surface area contributed by atoms with Crippen molar-refractivity contribution in [2.24, 2.45) is 0 Å². The van der Waals surface area contributed by atoms with Crippen molar-refractivity contribution in [3.05, 3.63) is 65.7 Å². The molecule has 124 valence electrons. The smallest absolute Gasteiger partial charge is 0.339 e. The van der Waals surface area contributed by atoms with Gasteiger partial charge in [0.25, 0.3) is 11.8 Å². The number of hydrogen-bond donors (Lipinski definition) is 2. The van der Waals surface area contributed by atoms with Crippen molar-refractivity contribution in [2.45, 2.75) is 4.90 Å². The first kappa shape index (κ1) is 17.6. The van der Waals surface area contributed by atoms with Crippen LogP contribution in [0.4, 0.5) is 0 Å². The van der Waals surface area contributed by atoms with E-state index in [1.54, 1.807) is 48.5 Å². The van der Waals surface area contributed by atoms with E-state index in [1.165, 1.54) is 11.8 Å². The van der Waals surface area contributed by atoms with E-state index < -0.39 is 24.4 Å². The number of nitrogens with one attached hydrogen (secondary N) is 2. The quantitative estimate of drug-likeness (QED) is 0.492. The lowest BCUT2D eigenvalue weighted by molar-refractivity contribution is -0.125. The van der Waals surface area contributed by atoms with E-state index in [2.05, 4.69) is 10.9 Å². The maximum atomic E-state index is 12.0. The highest BCUT2D eigenvalue weighted by atomic mass is 32.2. The van der Waals surface area contributed by atoms with Crippen LogP contribution in [0.25, 0.3) is 0 Å². The highest BCUT2D eigenvalue weighted by Gasteiger charge is 2.14. The second kappa shape index (κ2) is 8.73. The summed E-state index contributed by atoms with van der Waals surface area (Å²) in [5, 5.41) is 0. The van der Waals surface area contributed by atoms with Crippen LogP contribution in [0.1, 0.15) is 20.7 Å². The normalized spacial score (nSPS) is 9.88. The number of benzene rings is 2. The van der Waals surface area contributed by atoms with Crippen LogP contribution in [-0.2, 0) is 9.53 Å². The van der Waals surface area contributed by atoms with Gasteiger partial charge < -0.3 is 4.74 Å². The molecule has 0 aliphatic heterocycles. The van der Waals surface area contributed by atoms with Gasteiger partial charge in [-0.05, 0) is 30.5 Å². The largest absolute Gasteiger partial charge is 0.452 e. The van der Waals surface area contributed by atoms with Gasteiger partial charge >= 0.3 is 5.97 Å². The molecule has 0 saturated heterocycles. The molecular formula is C17H16N2O4S. The van der Waals surface area contributed by atoms with Crippen molar-refractivity contribution < 1.29 is 19.1 Å². The van der Waals surface area contributed by atoms with Gasteiger partial charge in [-0.2, -0.15) is 0 Å². The molecule has 0 unspecified atom stereocenters. The fourth-order valence-electron chi connectivity index (χ4n) is 1.85. The van der Waals surface area contributed by atoms with Crippen LogP contribution in [0.2, 0.25) is 0 Å². The molecule has 2 N–H and O–H groups in total. The van der Waals surface area contributed by atoms with Gasteiger partial charge in [0.15, 0.2) is 6.61 Å². The molecule has 0 heterocycles. The summed E-state index contributed by atoms with van der Waals surface area (Å²) in [6.45, 7) is -0.489. The monoisotopic (exact) mass is 344 g/mol. The molecule has 0 spiro atoms. The van der Waals surface area contributed by atoms with Gasteiger partial charge in [-0.25, -0.2) is 4.79 Å². The summed E-state index contributed by atoms with van der Waals surface area (Å²) in [4.78, 5) is 36.2. The predicted molar refractivity (Wildman–Crippen MR) is 90.6 cm³/mol. The summed E-state index contributed by atoms with van der Waals surface area (Å²) in [6.07, 6.45) is 1.85. The Balaban J connectivity index is 1.81. The number of esters is 1. The number of carbonyl (C=O) groups excluding carboxylic acids is 3. The lowest BCUT2D eigenvalue weighted by Gasteiger charge is -2.09. The topological polar surface area (TPSA) is 84.5 Å². The third kappa shape index (κ3) is 4.85. The zero-order valence-corrected chi connectivity index (χ0v) is 13.8. The molecule has 2 aromatic rings. The van der Waals surface area contributed by atoms with Crippen molar-refractivity contribution in [3.63, 3.8) is 0 Å².